The average Bonchev–Trinajstić information content (AvgIpc) is 2.47. The Bertz CT molecular complexity index is 209. The molecule has 0 aromatic heterocycles. The third kappa shape index (κ3) is 2.55. The van der Waals surface area contributed by atoms with Crippen LogP contribution >= 0.6 is 0 Å². The third-order valence-electron chi connectivity index (χ3n) is 4.70. The normalized spacial score (nSPS) is 34.4. The van der Waals surface area contributed by atoms with Crippen LogP contribution in [0, 0.1) is 16.7 Å². The topological polar surface area (TPSA) is 12.0 Å². The first-order chi connectivity index (χ1) is 6.85. The van der Waals surface area contributed by atoms with E-state index in [4.69, 9.17) is 0 Å². The zero-order valence-electron chi connectivity index (χ0n) is 11.5. The fourth-order valence-corrected chi connectivity index (χ4v) is 3.73. The van der Waals surface area contributed by atoms with Gasteiger partial charge in [0.25, 0.3) is 0 Å². The maximum Gasteiger partial charge on any atom is 0.0169 e. The van der Waals surface area contributed by atoms with Crippen molar-refractivity contribution in [3.63, 3.8) is 0 Å². The lowest BCUT2D eigenvalue weighted by Crippen LogP contribution is -2.50. The van der Waals surface area contributed by atoms with Crippen molar-refractivity contribution in [1.82, 2.24) is 5.32 Å². The van der Waals surface area contributed by atoms with Gasteiger partial charge in [0, 0.05) is 6.04 Å². The Kier molecular flexibility index (Phi) is 3.86. The average molecular weight is 211 g/mol. The molecule has 1 aliphatic rings. The van der Waals surface area contributed by atoms with Crippen LogP contribution in [0.1, 0.15) is 60.3 Å². The van der Waals surface area contributed by atoms with Gasteiger partial charge in [-0.05, 0) is 43.1 Å². The van der Waals surface area contributed by atoms with Crippen LogP contribution in [0.15, 0.2) is 0 Å². The number of rotatable bonds is 4. The van der Waals surface area contributed by atoms with Gasteiger partial charge >= 0.3 is 0 Å². The van der Waals surface area contributed by atoms with Crippen molar-refractivity contribution in [1.29, 1.82) is 0 Å². The summed E-state index contributed by atoms with van der Waals surface area (Å²) in [4.78, 5) is 0. The molecule has 0 aliphatic heterocycles. The molecular formula is C14H29N. The summed E-state index contributed by atoms with van der Waals surface area (Å²) in [5.74, 6) is 0.915. The minimum atomic E-state index is 0.410. The Morgan fingerprint density at radius 1 is 1.47 bits per heavy atom. The molecule has 1 heteroatoms. The summed E-state index contributed by atoms with van der Waals surface area (Å²) < 4.78 is 0. The quantitative estimate of drug-likeness (QED) is 0.745. The number of hydrogen-bond acceptors (Lipinski definition) is 1. The van der Waals surface area contributed by atoms with Crippen LogP contribution in [0.25, 0.3) is 0 Å². The lowest BCUT2D eigenvalue weighted by Gasteiger charge is -2.44. The van der Waals surface area contributed by atoms with Crippen LogP contribution in [0.4, 0.5) is 0 Å². The van der Waals surface area contributed by atoms with E-state index in [2.05, 4.69) is 47.0 Å². The van der Waals surface area contributed by atoms with Crippen molar-refractivity contribution in [2.75, 3.05) is 7.05 Å². The summed E-state index contributed by atoms with van der Waals surface area (Å²) in [6.45, 7) is 12.0. The maximum absolute atomic E-state index is 3.60. The highest BCUT2D eigenvalue weighted by Crippen LogP contribution is 2.49. The molecule has 1 aliphatic carbocycles. The zero-order chi connectivity index (χ0) is 11.7. The van der Waals surface area contributed by atoms with E-state index in [0.717, 1.165) is 5.92 Å². The Morgan fingerprint density at radius 2 is 2.07 bits per heavy atom. The van der Waals surface area contributed by atoms with E-state index in [1.165, 1.54) is 25.7 Å². The SMILES string of the molecule is CCC(C)(C)C(NC)C1(C)CCC(C)C1. The van der Waals surface area contributed by atoms with E-state index in [-0.39, 0.29) is 0 Å². The highest BCUT2D eigenvalue weighted by molar-refractivity contribution is 4.99. The minimum absolute atomic E-state index is 0.410. The largest absolute Gasteiger partial charge is 0.316 e. The van der Waals surface area contributed by atoms with Gasteiger partial charge in [0.05, 0.1) is 0 Å². The lowest BCUT2D eigenvalue weighted by molar-refractivity contribution is 0.0998. The first-order valence-electron chi connectivity index (χ1n) is 6.53. The molecule has 15 heavy (non-hydrogen) atoms. The first-order valence-corrected chi connectivity index (χ1v) is 6.53. The van der Waals surface area contributed by atoms with Crippen molar-refractivity contribution in [3.8, 4) is 0 Å². The Morgan fingerprint density at radius 3 is 2.40 bits per heavy atom. The molecule has 1 fully saturated rings. The second kappa shape index (κ2) is 4.45. The lowest BCUT2D eigenvalue weighted by atomic mass is 9.66. The van der Waals surface area contributed by atoms with Gasteiger partial charge in [-0.3, -0.25) is 0 Å². The molecule has 3 atom stereocenters. The molecule has 0 saturated heterocycles. The molecule has 0 aromatic carbocycles. The molecule has 0 radical (unpaired) electrons. The first kappa shape index (κ1) is 13.0. The highest BCUT2D eigenvalue weighted by atomic mass is 14.9. The van der Waals surface area contributed by atoms with Crippen LogP contribution in [0.5, 0.6) is 0 Å². The van der Waals surface area contributed by atoms with Gasteiger partial charge in [0.1, 0.15) is 0 Å². The van der Waals surface area contributed by atoms with E-state index < -0.39 is 0 Å². The van der Waals surface area contributed by atoms with E-state index in [1.54, 1.807) is 0 Å². The second-order valence-electron chi connectivity index (χ2n) is 6.57. The second-order valence-corrected chi connectivity index (χ2v) is 6.57. The maximum atomic E-state index is 3.60. The van der Waals surface area contributed by atoms with Gasteiger partial charge in [0.15, 0.2) is 0 Å². The third-order valence-corrected chi connectivity index (χ3v) is 4.70. The smallest absolute Gasteiger partial charge is 0.0169 e. The molecule has 0 spiro atoms. The Hall–Kier alpha value is -0.0400. The van der Waals surface area contributed by atoms with E-state index in [9.17, 15) is 0 Å². The van der Waals surface area contributed by atoms with Gasteiger partial charge in [0.2, 0.25) is 0 Å². The van der Waals surface area contributed by atoms with E-state index in [1.807, 2.05) is 0 Å². The standard InChI is InChI=1S/C14H29N/c1-7-13(3,4)12(15-6)14(5)9-8-11(2)10-14/h11-12,15H,7-10H2,1-6H3. The van der Waals surface area contributed by atoms with Crippen LogP contribution < -0.4 is 5.32 Å². The Balaban J connectivity index is 2.82. The van der Waals surface area contributed by atoms with E-state index in [0.29, 0.717) is 16.9 Å². The van der Waals surface area contributed by atoms with Gasteiger partial charge in [-0.15, -0.1) is 0 Å². The van der Waals surface area contributed by atoms with Crippen LogP contribution in [0.2, 0.25) is 0 Å². The van der Waals surface area contributed by atoms with Crippen LogP contribution in [-0.2, 0) is 0 Å². The van der Waals surface area contributed by atoms with Crippen LogP contribution in [-0.4, -0.2) is 13.1 Å². The molecule has 0 aromatic rings. The number of hydrogen-bond donors (Lipinski definition) is 1. The van der Waals surface area contributed by atoms with Crippen LogP contribution in [0.3, 0.4) is 0 Å². The summed E-state index contributed by atoms with van der Waals surface area (Å²) in [6.07, 6.45) is 5.45. The van der Waals surface area contributed by atoms with Crippen molar-refractivity contribution in [2.24, 2.45) is 16.7 Å². The molecule has 0 amide bonds. The predicted molar refractivity (Wildman–Crippen MR) is 68.0 cm³/mol. The molecule has 3 unspecified atom stereocenters. The summed E-state index contributed by atoms with van der Waals surface area (Å²) in [5, 5.41) is 3.60. The van der Waals surface area contributed by atoms with Crippen molar-refractivity contribution < 1.29 is 0 Å². The highest BCUT2D eigenvalue weighted by Gasteiger charge is 2.45. The molecule has 1 nitrogen and oxygen atoms in total. The van der Waals surface area contributed by atoms with Gasteiger partial charge in [-0.2, -0.15) is 0 Å². The summed E-state index contributed by atoms with van der Waals surface area (Å²) in [7, 11) is 2.14. The summed E-state index contributed by atoms with van der Waals surface area (Å²) in [6, 6.07) is 0.653. The zero-order valence-corrected chi connectivity index (χ0v) is 11.5. The summed E-state index contributed by atoms with van der Waals surface area (Å²) >= 11 is 0. The molecule has 1 N–H and O–H groups in total. The molecular weight excluding hydrogens is 182 g/mol. The van der Waals surface area contributed by atoms with Crippen molar-refractivity contribution in [3.05, 3.63) is 0 Å². The molecule has 1 saturated carbocycles. The summed E-state index contributed by atoms with van der Waals surface area (Å²) in [5.41, 5.74) is 0.918. The fraction of sp³-hybridized carbons (Fsp3) is 1.00. The molecule has 90 valence electrons. The van der Waals surface area contributed by atoms with Gasteiger partial charge in [-0.1, -0.05) is 41.0 Å². The predicted octanol–water partition coefficient (Wildman–Crippen LogP) is 3.84. The molecule has 0 bridgehead atoms. The van der Waals surface area contributed by atoms with Gasteiger partial charge < -0.3 is 5.32 Å². The Labute approximate surface area is 96.0 Å². The number of nitrogens with one attached hydrogen (secondary N) is 1. The van der Waals surface area contributed by atoms with Crippen molar-refractivity contribution >= 4 is 0 Å². The molecule has 0 heterocycles. The van der Waals surface area contributed by atoms with E-state index >= 15 is 0 Å². The molecule has 1 rings (SSSR count). The monoisotopic (exact) mass is 211 g/mol. The van der Waals surface area contributed by atoms with Crippen molar-refractivity contribution in [2.45, 2.75) is 66.3 Å². The van der Waals surface area contributed by atoms with Gasteiger partial charge in [-0.25, -0.2) is 0 Å². The fourth-order valence-electron chi connectivity index (χ4n) is 3.73. The minimum Gasteiger partial charge on any atom is -0.316 e.